The number of anilines is 1. The van der Waals surface area contributed by atoms with Gasteiger partial charge in [-0.1, -0.05) is 0 Å². The Hall–Kier alpha value is -0.880. The molecule has 0 spiro atoms. The summed E-state index contributed by atoms with van der Waals surface area (Å²) in [5.41, 5.74) is 5.22. The molecule has 0 amide bonds. The van der Waals surface area contributed by atoms with Crippen molar-refractivity contribution in [3.05, 3.63) is 21.2 Å². The minimum Gasteiger partial charge on any atom is -0.366 e. The van der Waals surface area contributed by atoms with E-state index in [2.05, 4.69) is 31.2 Å². The summed E-state index contributed by atoms with van der Waals surface area (Å²) in [6, 6.07) is 0.200. The molecule has 0 aliphatic carbocycles. The lowest BCUT2D eigenvalue weighted by atomic mass is 10.2. The molecule has 5 nitrogen and oxygen atoms in total. The highest BCUT2D eigenvalue weighted by Crippen LogP contribution is 2.14. The minimum atomic E-state index is -0.192. The van der Waals surface area contributed by atoms with E-state index in [1.807, 2.05) is 6.92 Å². The molecule has 0 aliphatic heterocycles. The molecule has 1 aromatic heterocycles. The van der Waals surface area contributed by atoms with Crippen LogP contribution in [-0.2, 0) is 0 Å². The Morgan fingerprint density at radius 3 is 3.14 bits per heavy atom. The fraction of sp³-hybridized carbons (Fsp3) is 0.500. The van der Waals surface area contributed by atoms with E-state index in [-0.39, 0.29) is 11.6 Å². The van der Waals surface area contributed by atoms with Gasteiger partial charge in [-0.15, -0.1) is 0 Å². The highest BCUT2D eigenvalue weighted by molar-refractivity contribution is 9.10. The van der Waals surface area contributed by atoms with E-state index in [9.17, 15) is 4.79 Å². The summed E-state index contributed by atoms with van der Waals surface area (Å²) >= 11 is 3.16. The van der Waals surface area contributed by atoms with Crippen molar-refractivity contribution in [2.45, 2.75) is 19.4 Å². The first-order valence-electron chi connectivity index (χ1n) is 4.35. The second-order valence-corrected chi connectivity index (χ2v) is 3.81. The van der Waals surface area contributed by atoms with Gasteiger partial charge in [0.15, 0.2) is 0 Å². The highest BCUT2D eigenvalue weighted by atomic mass is 79.9. The van der Waals surface area contributed by atoms with Crippen molar-refractivity contribution in [3.8, 4) is 0 Å². The van der Waals surface area contributed by atoms with Gasteiger partial charge in [0.2, 0.25) is 0 Å². The van der Waals surface area contributed by atoms with E-state index in [0.29, 0.717) is 16.8 Å². The van der Waals surface area contributed by atoms with Gasteiger partial charge in [-0.3, -0.25) is 4.79 Å². The molecule has 0 aliphatic rings. The molecule has 0 saturated heterocycles. The van der Waals surface area contributed by atoms with E-state index in [1.165, 1.54) is 6.33 Å². The summed E-state index contributed by atoms with van der Waals surface area (Å²) in [4.78, 5) is 17.6. The van der Waals surface area contributed by atoms with Gasteiger partial charge in [-0.2, -0.15) is 0 Å². The number of halogens is 1. The standard InChI is InChI=1S/C8H13BrN4O/c1-5(2-3-10)13-7-6(9)8(14)12-4-11-7/h4-5H,2-3,10H2,1H3,(H2,11,12,13,14). The number of hydrogen-bond acceptors (Lipinski definition) is 4. The van der Waals surface area contributed by atoms with Crippen LogP contribution in [0.15, 0.2) is 15.6 Å². The predicted octanol–water partition coefficient (Wildman–Crippen LogP) is 0.682. The van der Waals surface area contributed by atoms with Crippen molar-refractivity contribution >= 4 is 21.7 Å². The lowest BCUT2D eigenvalue weighted by Crippen LogP contribution is -2.22. The highest BCUT2D eigenvalue weighted by Gasteiger charge is 2.07. The van der Waals surface area contributed by atoms with Crippen LogP contribution in [0.2, 0.25) is 0 Å². The van der Waals surface area contributed by atoms with Crippen LogP contribution in [0.4, 0.5) is 5.82 Å². The molecule has 0 bridgehead atoms. The van der Waals surface area contributed by atoms with Crippen molar-refractivity contribution in [2.24, 2.45) is 5.73 Å². The van der Waals surface area contributed by atoms with E-state index in [4.69, 9.17) is 5.73 Å². The van der Waals surface area contributed by atoms with E-state index in [1.54, 1.807) is 0 Å². The van der Waals surface area contributed by atoms with Crippen molar-refractivity contribution < 1.29 is 0 Å². The zero-order chi connectivity index (χ0) is 10.6. The van der Waals surface area contributed by atoms with Crippen molar-refractivity contribution in [1.82, 2.24) is 9.97 Å². The molecule has 1 atom stereocenters. The molecule has 1 heterocycles. The summed E-state index contributed by atoms with van der Waals surface area (Å²) in [7, 11) is 0. The number of nitrogens with one attached hydrogen (secondary N) is 2. The molecule has 4 N–H and O–H groups in total. The first-order chi connectivity index (χ1) is 6.65. The largest absolute Gasteiger partial charge is 0.366 e. The summed E-state index contributed by atoms with van der Waals surface area (Å²) in [6.45, 7) is 2.59. The van der Waals surface area contributed by atoms with Crippen molar-refractivity contribution in [3.63, 3.8) is 0 Å². The second-order valence-electron chi connectivity index (χ2n) is 3.02. The summed E-state index contributed by atoms with van der Waals surface area (Å²) in [5, 5.41) is 3.09. The molecule has 0 radical (unpaired) electrons. The summed E-state index contributed by atoms with van der Waals surface area (Å²) in [6.07, 6.45) is 2.20. The zero-order valence-electron chi connectivity index (χ0n) is 7.88. The lowest BCUT2D eigenvalue weighted by Gasteiger charge is -2.13. The first kappa shape index (κ1) is 11.2. The maximum absolute atomic E-state index is 11.2. The Labute approximate surface area is 90.2 Å². The quantitative estimate of drug-likeness (QED) is 0.744. The normalized spacial score (nSPS) is 12.5. The smallest absolute Gasteiger partial charge is 0.267 e. The van der Waals surface area contributed by atoms with Gasteiger partial charge in [-0.05, 0) is 35.8 Å². The molecular weight excluding hydrogens is 248 g/mol. The SMILES string of the molecule is CC(CCN)Nc1nc[nH]c(=O)c1Br. The van der Waals surface area contributed by atoms with Crippen LogP contribution in [0.1, 0.15) is 13.3 Å². The monoisotopic (exact) mass is 260 g/mol. The second kappa shape index (κ2) is 5.11. The van der Waals surface area contributed by atoms with Gasteiger partial charge in [0.05, 0.1) is 6.33 Å². The third-order valence-corrected chi connectivity index (χ3v) is 2.52. The number of nitrogens with two attached hydrogens (primary N) is 1. The van der Waals surface area contributed by atoms with E-state index in [0.717, 1.165) is 6.42 Å². The maximum atomic E-state index is 11.2. The van der Waals surface area contributed by atoms with Crippen LogP contribution in [0, 0.1) is 0 Å². The van der Waals surface area contributed by atoms with E-state index >= 15 is 0 Å². The van der Waals surface area contributed by atoms with Gasteiger partial charge in [0.25, 0.3) is 5.56 Å². The van der Waals surface area contributed by atoms with Gasteiger partial charge in [-0.25, -0.2) is 4.98 Å². The van der Waals surface area contributed by atoms with Crippen LogP contribution in [0.5, 0.6) is 0 Å². The van der Waals surface area contributed by atoms with Gasteiger partial charge in [0, 0.05) is 6.04 Å². The van der Waals surface area contributed by atoms with Crippen molar-refractivity contribution in [2.75, 3.05) is 11.9 Å². The average Bonchev–Trinajstić information content (AvgIpc) is 2.13. The Morgan fingerprint density at radius 1 is 1.79 bits per heavy atom. The molecule has 1 unspecified atom stereocenters. The van der Waals surface area contributed by atoms with E-state index < -0.39 is 0 Å². The van der Waals surface area contributed by atoms with Gasteiger partial charge >= 0.3 is 0 Å². The third kappa shape index (κ3) is 2.81. The first-order valence-corrected chi connectivity index (χ1v) is 5.14. The Balaban J connectivity index is 2.76. The van der Waals surface area contributed by atoms with Crippen molar-refractivity contribution in [1.29, 1.82) is 0 Å². The Kier molecular flexibility index (Phi) is 4.09. The number of aromatic nitrogens is 2. The molecule has 1 aromatic rings. The summed E-state index contributed by atoms with van der Waals surface area (Å²) in [5.74, 6) is 0.551. The van der Waals surface area contributed by atoms with Crippen LogP contribution in [-0.4, -0.2) is 22.6 Å². The maximum Gasteiger partial charge on any atom is 0.267 e. The molecule has 0 fully saturated rings. The average molecular weight is 261 g/mol. The minimum absolute atomic E-state index is 0.192. The number of H-pyrrole nitrogens is 1. The molecule has 0 saturated carbocycles. The fourth-order valence-corrected chi connectivity index (χ4v) is 1.37. The molecule has 0 aromatic carbocycles. The van der Waals surface area contributed by atoms with Crippen LogP contribution >= 0.6 is 15.9 Å². The molecule has 1 rings (SSSR count). The van der Waals surface area contributed by atoms with Crippen LogP contribution in [0.25, 0.3) is 0 Å². The number of aromatic amines is 1. The van der Waals surface area contributed by atoms with Gasteiger partial charge < -0.3 is 16.0 Å². The third-order valence-electron chi connectivity index (χ3n) is 1.78. The van der Waals surface area contributed by atoms with Gasteiger partial charge in [0.1, 0.15) is 10.3 Å². The number of hydrogen-bond donors (Lipinski definition) is 3. The molecular formula is C8H13BrN4O. The number of nitrogens with zero attached hydrogens (tertiary/aromatic N) is 1. The number of rotatable bonds is 4. The lowest BCUT2D eigenvalue weighted by molar-refractivity contribution is 0.712. The fourth-order valence-electron chi connectivity index (χ4n) is 1.04. The Bertz CT molecular complexity index is 351. The van der Waals surface area contributed by atoms with Crippen LogP contribution < -0.4 is 16.6 Å². The molecule has 6 heteroatoms. The summed E-state index contributed by atoms with van der Waals surface area (Å²) < 4.78 is 0.420. The molecule has 78 valence electrons. The zero-order valence-corrected chi connectivity index (χ0v) is 9.47. The molecule has 14 heavy (non-hydrogen) atoms. The predicted molar refractivity (Wildman–Crippen MR) is 59.3 cm³/mol. The Morgan fingerprint density at radius 2 is 2.50 bits per heavy atom. The topological polar surface area (TPSA) is 83.8 Å². The van der Waals surface area contributed by atoms with Crippen LogP contribution in [0.3, 0.4) is 0 Å².